The van der Waals surface area contributed by atoms with E-state index in [1.54, 1.807) is 0 Å². The molecule has 0 amide bonds. The van der Waals surface area contributed by atoms with E-state index in [0.717, 1.165) is 26.7 Å². The van der Waals surface area contributed by atoms with Crippen LogP contribution in [0.4, 0.5) is 0 Å². The van der Waals surface area contributed by atoms with Crippen molar-refractivity contribution in [2.24, 2.45) is 0 Å². The first-order valence-corrected chi connectivity index (χ1v) is 10.8. The number of aliphatic carboxylic acids is 3. The second-order valence-electron chi connectivity index (χ2n) is 7.05. The van der Waals surface area contributed by atoms with Gasteiger partial charge in [-0.25, -0.2) is 0 Å². The summed E-state index contributed by atoms with van der Waals surface area (Å²) in [5, 5.41) is 28.0. The quantitative estimate of drug-likeness (QED) is 0.274. The standard InChI is InChI=1S/C18H36O2.2C2H4O2.Al/c1-2-3-4-5-6-7-8-9-10-11-12-13-14-15-16-17-18(19)20;2*1-2(3)4;/h2-17H2,1H3,(H,19,20);2*1H3,(H,3,4);/q;;;+3/p-3. The molecule has 0 heterocycles. The van der Waals surface area contributed by atoms with Gasteiger partial charge in [-0.1, -0.05) is 96.8 Å². The van der Waals surface area contributed by atoms with Gasteiger partial charge in [-0.2, -0.15) is 0 Å². The van der Waals surface area contributed by atoms with E-state index >= 15 is 0 Å². The van der Waals surface area contributed by atoms with Gasteiger partial charge in [0.2, 0.25) is 0 Å². The molecule has 0 fully saturated rings. The summed E-state index contributed by atoms with van der Waals surface area (Å²) < 4.78 is 0. The number of carboxylic acids is 3. The molecule has 0 aromatic rings. The molecule has 168 valence electrons. The van der Waals surface area contributed by atoms with Gasteiger partial charge in [0.1, 0.15) is 0 Å². The fraction of sp³-hybridized carbons (Fsp3) is 0.864. The molecule has 0 aromatic heterocycles. The van der Waals surface area contributed by atoms with Crippen molar-refractivity contribution in [1.82, 2.24) is 0 Å². The van der Waals surface area contributed by atoms with E-state index < -0.39 is 17.9 Å². The van der Waals surface area contributed by atoms with Crippen molar-refractivity contribution in [3.63, 3.8) is 0 Å². The summed E-state index contributed by atoms with van der Waals surface area (Å²) in [5.41, 5.74) is 0. The topological polar surface area (TPSA) is 120 Å². The fourth-order valence-electron chi connectivity index (χ4n) is 2.64. The summed E-state index contributed by atoms with van der Waals surface area (Å²) in [6.07, 6.45) is 19.9. The molecule has 0 aliphatic rings. The van der Waals surface area contributed by atoms with Crippen LogP contribution in [0, 0.1) is 0 Å². The first kappa shape index (κ1) is 35.4. The molecule has 0 bridgehead atoms. The summed E-state index contributed by atoms with van der Waals surface area (Å²) in [6, 6.07) is 0. The molecule has 0 aliphatic heterocycles. The molecule has 0 radical (unpaired) electrons. The number of unbranched alkanes of at least 4 members (excludes halogenated alkanes) is 14. The van der Waals surface area contributed by atoms with Crippen LogP contribution in [0.1, 0.15) is 124 Å². The monoisotopic (exact) mass is 428 g/mol. The predicted octanol–water partition coefficient (Wildman–Crippen LogP) is 2.13. The smallest absolute Gasteiger partial charge is 0.550 e. The van der Waals surface area contributed by atoms with E-state index in [1.807, 2.05) is 0 Å². The SMILES string of the molecule is CC(=O)[O-].CC(=O)[O-].CCCCCCCCCCCCCCCCCC(=O)[O-].[Al+3]. The van der Waals surface area contributed by atoms with Gasteiger partial charge in [0.05, 0.1) is 0 Å². The summed E-state index contributed by atoms with van der Waals surface area (Å²) in [4.78, 5) is 28.0. The third kappa shape index (κ3) is 65.9. The van der Waals surface area contributed by atoms with Gasteiger partial charge in [-0.3, -0.25) is 0 Å². The van der Waals surface area contributed by atoms with Crippen LogP contribution in [0.15, 0.2) is 0 Å². The molecular weight excluding hydrogens is 387 g/mol. The third-order valence-electron chi connectivity index (χ3n) is 3.98. The van der Waals surface area contributed by atoms with Crippen molar-refractivity contribution in [2.75, 3.05) is 0 Å². The van der Waals surface area contributed by atoms with Gasteiger partial charge in [0.25, 0.3) is 0 Å². The maximum Gasteiger partial charge on any atom is 3.00 e. The van der Waals surface area contributed by atoms with Gasteiger partial charge in [0, 0.05) is 17.9 Å². The van der Waals surface area contributed by atoms with Crippen LogP contribution in [0.5, 0.6) is 0 Å². The predicted molar refractivity (Wildman–Crippen MR) is 112 cm³/mol. The zero-order valence-electron chi connectivity index (χ0n) is 18.8. The zero-order chi connectivity index (χ0) is 22.0. The molecular formula is C22H41AlO6. The van der Waals surface area contributed by atoms with Crippen molar-refractivity contribution in [2.45, 2.75) is 124 Å². The Labute approximate surface area is 188 Å². The fourth-order valence-corrected chi connectivity index (χ4v) is 2.64. The van der Waals surface area contributed by atoms with Crippen LogP contribution < -0.4 is 15.3 Å². The third-order valence-corrected chi connectivity index (χ3v) is 3.98. The van der Waals surface area contributed by atoms with E-state index in [2.05, 4.69) is 6.92 Å². The Bertz CT molecular complexity index is 341. The van der Waals surface area contributed by atoms with Crippen molar-refractivity contribution in [3.8, 4) is 0 Å². The molecule has 0 saturated carbocycles. The first-order valence-electron chi connectivity index (χ1n) is 10.8. The molecule has 0 aliphatic carbocycles. The molecule has 7 heteroatoms. The first-order chi connectivity index (χ1) is 13.2. The van der Waals surface area contributed by atoms with Crippen LogP contribution in [-0.4, -0.2) is 35.3 Å². The minimum absolute atomic E-state index is 0. The minimum Gasteiger partial charge on any atom is -0.550 e. The maximum absolute atomic E-state index is 10.2. The Morgan fingerprint density at radius 3 is 0.931 bits per heavy atom. The Hall–Kier alpha value is -1.06. The normalized spacial score (nSPS) is 9.21. The van der Waals surface area contributed by atoms with Crippen LogP contribution in [0.2, 0.25) is 0 Å². The van der Waals surface area contributed by atoms with Gasteiger partial charge in [0.15, 0.2) is 0 Å². The molecule has 0 N–H and O–H groups in total. The van der Waals surface area contributed by atoms with Crippen LogP contribution in [0.25, 0.3) is 0 Å². The molecule has 0 saturated heterocycles. The van der Waals surface area contributed by atoms with Crippen molar-refractivity contribution >= 4 is 35.3 Å². The van der Waals surface area contributed by atoms with Crippen molar-refractivity contribution in [3.05, 3.63) is 0 Å². The van der Waals surface area contributed by atoms with Gasteiger partial charge < -0.3 is 29.7 Å². The Kier molecular flexibility index (Phi) is 38.6. The number of rotatable bonds is 16. The average molecular weight is 429 g/mol. The summed E-state index contributed by atoms with van der Waals surface area (Å²) in [7, 11) is 0. The minimum atomic E-state index is -1.08. The molecule has 0 unspecified atom stereocenters. The number of carbonyl (C=O) groups is 3. The molecule has 0 rings (SSSR count). The van der Waals surface area contributed by atoms with Gasteiger partial charge in [-0.05, 0) is 26.7 Å². The average Bonchev–Trinajstić information content (AvgIpc) is 2.57. The maximum atomic E-state index is 10.2. The van der Waals surface area contributed by atoms with Crippen LogP contribution in [0.3, 0.4) is 0 Å². The number of hydrogen-bond donors (Lipinski definition) is 0. The second kappa shape index (κ2) is 31.6. The van der Waals surface area contributed by atoms with E-state index in [-0.39, 0.29) is 23.8 Å². The molecule has 0 spiro atoms. The van der Waals surface area contributed by atoms with Crippen LogP contribution in [-0.2, 0) is 14.4 Å². The van der Waals surface area contributed by atoms with Crippen molar-refractivity contribution < 1.29 is 29.7 Å². The Morgan fingerprint density at radius 2 is 0.724 bits per heavy atom. The van der Waals surface area contributed by atoms with E-state index in [1.165, 1.54) is 83.5 Å². The Balaban J connectivity index is -0.000000294. The zero-order valence-corrected chi connectivity index (χ0v) is 20.0. The molecule has 6 nitrogen and oxygen atoms in total. The summed E-state index contributed by atoms with van der Waals surface area (Å²) in [5.74, 6) is -3.07. The molecule has 0 atom stereocenters. The number of hydrogen-bond acceptors (Lipinski definition) is 6. The van der Waals surface area contributed by atoms with Crippen LogP contribution >= 0.6 is 0 Å². The number of carbonyl (C=O) groups excluding carboxylic acids is 3. The van der Waals surface area contributed by atoms with Gasteiger partial charge >= 0.3 is 17.4 Å². The van der Waals surface area contributed by atoms with Crippen molar-refractivity contribution in [1.29, 1.82) is 0 Å². The molecule has 0 aromatic carbocycles. The Morgan fingerprint density at radius 1 is 0.517 bits per heavy atom. The summed E-state index contributed by atoms with van der Waals surface area (Å²) in [6.45, 7) is 4.21. The van der Waals surface area contributed by atoms with Gasteiger partial charge in [-0.15, -0.1) is 0 Å². The van der Waals surface area contributed by atoms with E-state index in [4.69, 9.17) is 19.8 Å². The molecule has 29 heavy (non-hydrogen) atoms. The largest absolute Gasteiger partial charge is 3.00 e. The number of carboxylic acid groups (broad SMARTS) is 3. The second-order valence-corrected chi connectivity index (χ2v) is 7.05. The van der Waals surface area contributed by atoms with E-state index in [9.17, 15) is 9.90 Å². The summed E-state index contributed by atoms with van der Waals surface area (Å²) >= 11 is 0. The van der Waals surface area contributed by atoms with E-state index in [0.29, 0.717) is 0 Å².